The van der Waals surface area contributed by atoms with Gasteiger partial charge in [0.25, 0.3) is 0 Å². The maximum Gasteiger partial charge on any atom is 0.433 e. The summed E-state index contributed by atoms with van der Waals surface area (Å²) in [6, 6.07) is 10.5. The van der Waals surface area contributed by atoms with E-state index in [1.807, 2.05) is 37.4 Å². The number of nitrogens with zero attached hydrogens (tertiary/aromatic N) is 3. The van der Waals surface area contributed by atoms with E-state index in [0.29, 0.717) is 12.3 Å². The van der Waals surface area contributed by atoms with Crippen LogP contribution in [0.2, 0.25) is 0 Å². The minimum Gasteiger partial charge on any atom is -0.497 e. The molecule has 2 unspecified atom stereocenters. The summed E-state index contributed by atoms with van der Waals surface area (Å²) in [4.78, 5) is 16.9. The molecule has 2 atom stereocenters. The van der Waals surface area contributed by atoms with Gasteiger partial charge in [0.2, 0.25) is 0 Å². The highest BCUT2D eigenvalue weighted by Crippen LogP contribution is 2.33. The van der Waals surface area contributed by atoms with Crippen LogP contribution >= 0.6 is 0 Å². The van der Waals surface area contributed by atoms with Crippen molar-refractivity contribution in [3.8, 4) is 5.75 Å². The first-order chi connectivity index (χ1) is 11.1. The molecule has 2 heterocycles. The third-order valence-electron chi connectivity index (χ3n) is 3.98. The van der Waals surface area contributed by atoms with Crippen molar-refractivity contribution in [1.29, 1.82) is 0 Å². The summed E-state index contributed by atoms with van der Waals surface area (Å²) in [5.74, 6) is 1.04. The molecule has 0 saturated heterocycles. The van der Waals surface area contributed by atoms with Gasteiger partial charge in [-0.2, -0.15) is 0 Å². The molecule has 0 fully saturated rings. The molecule has 0 N–H and O–H groups in total. The molecule has 2 aromatic rings. The van der Waals surface area contributed by atoms with Gasteiger partial charge in [0.1, 0.15) is 22.5 Å². The van der Waals surface area contributed by atoms with E-state index in [4.69, 9.17) is 9.15 Å². The molecule has 0 amide bonds. The summed E-state index contributed by atoms with van der Waals surface area (Å²) >= 11 is 0. The number of ether oxygens (including phenoxy) is 1. The average molecular weight is 315 g/mol. The lowest BCUT2D eigenvalue weighted by Gasteiger charge is -2.36. The van der Waals surface area contributed by atoms with E-state index in [1.54, 1.807) is 13.2 Å². The third kappa shape index (κ3) is 2.90. The molecule has 3 rings (SSSR count). The van der Waals surface area contributed by atoms with Crippen molar-refractivity contribution in [1.82, 2.24) is 0 Å². The number of aliphatic imine (C=N–C) groups is 1. The Morgan fingerprint density at radius 3 is 2.65 bits per heavy atom. The maximum absolute atomic E-state index is 10.8. The fourth-order valence-electron chi connectivity index (χ4n) is 2.73. The Hall–Kier alpha value is -2.83. The molecule has 0 spiro atoms. The average Bonchev–Trinajstić information content (AvgIpc) is 3.05. The van der Waals surface area contributed by atoms with Crippen molar-refractivity contribution in [2.75, 3.05) is 18.6 Å². The van der Waals surface area contributed by atoms with Crippen LogP contribution in [0, 0.1) is 10.1 Å². The van der Waals surface area contributed by atoms with E-state index in [1.165, 1.54) is 6.07 Å². The Morgan fingerprint density at radius 2 is 2.04 bits per heavy atom. The van der Waals surface area contributed by atoms with Gasteiger partial charge < -0.3 is 14.1 Å². The summed E-state index contributed by atoms with van der Waals surface area (Å²) in [6.45, 7) is 2.70. The largest absolute Gasteiger partial charge is 0.497 e. The summed E-state index contributed by atoms with van der Waals surface area (Å²) in [6.07, 6.45) is 1.81. The quantitative estimate of drug-likeness (QED) is 0.639. The summed E-state index contributed by atoms with van der Waals surface area (Å²) in [5.41, 5.74) is 1.04. The smallest absolute Gasteiger partial charge is 0.433 e. The first-order valence-electron chi connectivity index (χ1n) is 7.26. The zero-order chi connectivity index (χ0) is 16.4. The molecule has 1 aromatic carbocycles. The minimum absolute atomic E-state index is 0.0131. The fraction of sp³-hybridized carbons (Fsp3) is 0.312. The van der Waals surface area contributed by atoms with Gasteiger partial charge in [-0.25, -0.2) is 0 Å². The van der Waals surface area contributed by atoms with Crippen LogP contribution in [0.3, 0.4) is 0 Å². The zero-order valence-corrected chi connectivity index (χ0v) is 12.9. The highest BCUT2D eigenvalue weighted by molar-refractivity contribution is 5.69. The topological polar surface area (TPSA) is 81.1 Å². The van der Waals surface area contributed by atoms with Crippen molar-refractivity contribution < 1.29 is 14.1 Å². The number of methoxy groups -OCH3 is 1. The van der Waals surface area contributed by atoms with E-state index in [9.17, 15) is 10.1 Å². The predicted molar refractivity (Wildman–Crippen MR) is 86.4 cm³/mol. The molecular formula is C16H17N3O4. The van der Waals surface area contributed by atoms with Crippen LogP contribution in [0.15, 0.2) is 45.8 Å². The number of hydrogen-bond donors (Lipinski definition) is 0. The molecule has 0 radical (unpaired) electrons. The molecule has 0 aliphatic carbocycles. The van der Waals surface area contributed by atoms with Crippen molar-refractivity contribution in [3.63, 3.8) is 0 Å². The molecule has 1 aliphatic heterocycles. The van der Waals surface area contributed by atoms with E-state index in [0.717, 1.165) is 11.4 Å². The first-order valence-corrected chi connectivity index (χ1v) is 7.26. The fourth-order valence-corrected chi connectivity index (χ4v) is 2.73. The Bertz CT molecular complexity index is 723. The van der Waals surface area contributed by atoms with Crippen LogP contribution < -0.4 is 9.64 Å². The molecule has 0 bridgehead atoms. The number of rotatable bonds is 4. The van der Waals surface area contributed by atoms with Gasteiger partial charge in [-0.15, -0.1) is 0 Å². The van der Waals surface area contributed by atoms with Crippen LogP contribution in [0.5, 0.6) is 5.75 Å². The molecule has 23 heavy (non-hydrogen) atoms. The Labute approximate surface area is 133 Å². The number of benzene rings is 1. The summed E-state index contributed by atoms with van der Waals surface area (Å²) < 4.78 is 10.5. The number of nitro groups is 1. The van der Waals surface area contributed by atoms with Crippen LogP contribution in [0.1, 0.15) is 18.7 Å². The predicted octanol–water partition coefficient (Wildman–Crippen LogP) is 3.22. The SMILES string of the molecule is COc1ccc(N2CC=NC(c3ccc([N+](=O)[O-])o3)C2C)cc1. The van der Waals surface area contributed by atoms with E-state index >= 15 is 0 Å². The molecule has 1 aliphatic rings. The van der Waals surface area contributed by atoms with Crippen molar-refractivity contribution in [2.45, 2.75) is 19.0 Å². The normalized spacial score (nSPS) is 20.5. The summed E-state index contributed by atoms with van der Waals surface area (Å²) in [7, 11) is 1.63. The lowest BCUT2D eigenvalue weighted by molar-refractivity contribution is -0.402. The highest BCUT2D eigenvalue weighted by Gasteiger charge is 2.30. The molecule has 1 aromatic heterocycles. The lowest BCUT2D eigenvalue weighted by Crippen LogP contribution is -2.41. The lowest BCUT2D eigenvalue weighted by atomic mass is 10.0. The van der Waals surface area contributed by atoms with E-state index in [2.05, 4.69) is 9.89 Å². The third-order valence-corrected chi connectivity index (χ3v) is 3.98. The van der Waals surface area contributed by atoms with Crippen LogP contribution in [-0.4, -0.2) is 30.8 Å². The van der Waals surface area contributed by atoms with Gasteiger partial charge in [0, 0.05) is 11.9 Å². The van der Waals surface area contributed by atoms with Crippen molar-refractivity contribution in [2.24, 2.45) is 4.99 Å². The van der Waals surface area contributed by atoms with Gasteiger partial charge in [0.05, 0.1) is 25.8 Å². The number of furan rings is 1. The van der Waals surface area contributed by atoms with Crippen LogP contribution in [0.25, 0.3) is 0 Å². The second-order valence-corrected chi connectivity index (χ2v) is 5.30. The van der Waals surface area contributed by atoms with Crippen molar-refractivity contribution in [3.05, 3.63) is 52.3 Å². The Morgan fingerprint density at radius 1 is 1.30 bits per heavy atom. The van der Waals surface area contributed by atoms with E-state index in [-0.39, 0.29) is 18.0 Å². The van der Waals surface area contributed by atoms with Crippen molar-refractivity contribution >= 4 is 17.8 Å². The zero-order valence-electron chi connectivity index (χ0n) is 12.9. The Balaban J connectivity index is 1.84. The number of hydrogen-bond acceptors (Lipinski definition) is 6. The first kappa shape index (κ1) is 15.1. The standard InChI is InChI=1S/C16H17N3O4/c1-11-16(14-7-8-15(23-14)19(20)21)17-9-10-18(11)12-3-5-13(22-2)6-4-12/h3-9,11,16H,10H2,1-2H3. The minimum atomic E-state index is -0.540. The highest BCUT2D eigenvalue weighted by atomic mass is 16.6. The summed E-state index contributed by atoms with van der Waals surface area (Å²) in [5, 5.41) is 10.8. The molecule has 0 saturated carbocycles. The van der Waals surface area contributed by atoms with Crippen LogP contribution in [0.4, 0.5) is 11.6 Å². The van der Waals surface area contributed by atoms with Gasteiger partial charge >= 0.3 is 5.88 Å². The molecule has 120 valence electrons. The van der Waals surface area contributed by atoms with Gasteiger partial charge in [-0.3, -0.25) is 15.1 Å². The Kier molecular flexibility index (Phi) is 4.01. The number of anilines is 1. The molecular weight excluding hydrogens is 298 g/mol. The van der Waals surface area contributed by atoms with Crippen LogP contribution in [-0.2, 0) is 0 Å². The van der Waals surface area contributed by atoms with Gasteiger partial charge in [0.15, 0.2) is 0 Å². The maximum atomic E-state index is 10.8. The molecule has 7 nitrogen and oxygen atoms in total. The van der Waals surface area contributed by atoms with E-state index < -0.39 is 4.92 Å². The second kappa shape index (κ2) is 6.12. The van der Waals surface area contributed by atoms with Gasteiger partial charge in [-0.1, -0.05) is 0 Å². The second-order valence-electron chi connectivity index (χ2n) is 5.30. The molecule has 7 heteroatoms. The monoisotopic (exact) mass is 315 g/mol. The van der Waals surface area contributed by atoms with Gasteiger partial charge in [-0.05, 0) is 37.3 Å².